The van der Waals surface area contributed by atoms with Gasteiger partial charge in [0.05, 0.1) is 18.1 Å². The molecule has 0 radical (unpaired) electrons. The maximum atomic E-state index is 11.7. The highest BCUT2D eigenvalue weighted by molar-refractivity contribution is 6.30. The molecule has 0 aliphatic heterocycles. The topological polar surface area (TPSA) is 79.2 Å². The van der Waals surface area contributed by atoms with Gasteiger partial charge in [0.1, 0.15) is 0 Å². The van der Waals surface area contributed by atoms with Gasteiger partial charge >= 0.3 is 5.97 Å². The Labute approximate surface area is 138 Å². The lowest BCUT2D eigenvalue weighted by Gasteiger charge is -2.07. The second-order valence-electron chi connectivity index (χ2n) is 4.70. The molecule has 0 aliphatic rings. The van der Waals surface area contributed by atoms with Crippen LogP contribution in [0.4, 0.5) is 5.69 Å². The minimum atomic E-state index is -0.498. The van der Waals surface area contributed by atoms with Crippen molar-refractivity contribution in [3.05, 3.63) is 64.7 Å². The highest BCUT2D eigenvalue weighted by atomic mass is 35.5. The Bertz CT molecular complexity index is 734. The van der Waals surface area contributed by atoms with Gasteiger partial charge in [0, 0.05) is 10.7 Å². The number of carbonyl (C=O) groups excluding carboxylic acids is 2. The lowest BCUT2D eigenvalue weighted by Crippen LogP contribution is -2.21. The number of hydrogen-bond acceptors (Lipinski definition) is 4. The monoisotopic (exact) mass is 328 g/mol. The van der Waals surface area contributed by atoms with Crippen molar-refractivity contribution >= 4 is 29.2 Å². The van der Waals surface area contributed by atoms with E-state index in [2.05, 4.69) is 5.32 Å². The summed E-state index contributed by atoms with van der Waals surface area (Å²) in [5.41, 5.74) is 1.78. The van der Waals surface area contributed by atoms with E-state index in [4.69, 9.17) is 21.6 Å². The zero-order chi connectivity index (χ0) is 16.7. The molecule has 1 amide bonds. The number of nitriles is 1. The summed E-state index contributed by atoms with van der Waals surface area (Å²) in [4.78, 5) is 23.4. The third kappa shape index (κ3) is 5.46. The summed E-state index contributed by atoms with van der Waals surface area (Å²) < 4.78 is 4.92. The van der Waals surface area contributed by atoms with Crippen molar-refractivity contribution in [2.45, 2.75) is 6.42 Å². The highest BCUT2D eigenvalue weighted by Crippen LogP contribution is 2.11. The van der Waals surface area contributed by atoms with Crippen LogP contribution in [0.5, 0.6) is 0 Å². The summed E-state index contributed by atoms with van der Waals surface area (Å²) in [6, 6.07) is 15.2. The molecule has 0 unspecified atom stereocenters. The van der Waals surface area contributed by atoms with E-state index in [0.717, 1.165) is 5.56 Å². The first-order valence-electron chi connectivity index (χ1n) is 6.77. The smallest absolute Gasteiger partial charge is 0.310 e. The van der Waals surface area contributed by atoms with E-state index in [1.807, 2.05) is 6.07 Å². The van der Waals surface area contributed by atoms with Gasteiger partial charge in [-0.3, -0.25) is 9.59 Å². The molecule has 0 atom stereocenters. The molecule has 0 aliphatic carbocycles. The third-order valence-corrected chi connectivity index (χ3v) is 3.18. The van der Waals surface area contributed by atoms with E-state index in [0.29, 0.717) is 16.3 Å². The Hall–Kier alpha value is -2.84. The first-order valence-corrected chi connectivity index (χ1v) is 7.14. The molecule has 6 heteroatoms. The van der Waals surface area contributed by atoms with Crippen LogP contribution in [0.2, 0.25) is 5.02 Å². The molecule has 0 spiro atoms. The standard InChI is InChI=1S/C17H13ClN2O3/c18-14-5-1-12(2-6-14)9-17(22)23-11-16(21)20-15-7-3-13(10-19)4-8-15/h1-8H,9,11H2,(H,20,21). The van der Waals surface area contributed by atoms with Crippen molar-refractivity contribution in [1.29, 1.82) is 5.26 Å². The van der Waals surface area contributed by atoms with Gasteiger partial charge in [0.25, 0.3) is 5.91 Å². The van der Waals surface area contributed by atoms with Crippen LogP contribution in [0.25, 0.3) is 0 Å². The van der Waals surface area contributed by atoms with Gasteiger partial charge in [-0.2, -0.15) is 5.26 Å². The average molecular weight is 329 g/mol. The van der Waals surface area contributed by atoms with E-state index in [1.54, 1.807) is 48.5 Å². The molecule has 116 valence electrons. The van der Waals surface area contributed by atoms with Crippen molar-refractivity contribution in [3.63, 3.8) is 0 Å². The van der Waals surface area contributed by atoms with Crippen LogP contribution in [0.1, 0.15) is 11.1 Å². The third-order valence-electron chi connectivity index (χ3n) is 2.92. The van der Waals surface area contributed by atoms with Crippen LogP contribution in [0.3, 0.4) is 0 Å². The quantitative estimate of drug-likeness (QED) is 0.856. The second-order valence-corrected chi connectivity index (χ2v) is 5.14. The SMILES string of the molecule is N#Cc1ccc(NC(=O)COC(=O)Cc2ccc(Cl)cc2)cc1. The van der Waals surface area contributed by atoms with Crippen molar-refractivity contribution in [3.8, 4) is 6.07 Å². The van der Waals surface area contributed by atoms with Crippen LogP contribution in [0, 0.1) is 11.3 Å². The summed E-state index contributed by atoms with van der Waals surface area (Å²) >= 11 is 5.76. The molecule has 0 saturated carbocycles. The zero-order valence-electron chi connectivity index (χ0n) is 12.1. The summed E-state index contributed by atoms with van der Waals surface area (Å²) in [5.74, 6) is -0.943. The lowest BCUT2D eigenvalue weighted by molar-refractivity contribution is -0.146. The van der Waals surface area contributed by atoms with Crippen LogP contribution in [-0.2, 0) is 20.7 Å². The average Bonchev–Trinajstić information content (AvgIpc) is 2.56. The molecule has 0 fully saturated rings. The Balaban J connectivity index is 1.78. The molecule has 2 aromatic rings. The van der Waals surface area contributed by atoms with Gasteiger partial charge in [0.2, 0.25) is 0 Å². The fraction of sp³-hybridized carbons (Fsp3) is 0.118. The van der Waals surface area contributed by atoms with Gasteiger partial charge in [-0.05, 0) is 42.0 Å². The summed E-state index contributed by atoms with van der Waals surface area (Å²) in [5, 5.41) is 11.9. The molecule has 0 aromatic heterocycles. The van der Waals surface area contributed by atoms with Crippen LogP contribution in [0.15, 0.2) is 48.5 Å². The minimum absolute atomic E-state index is 0.0707. The minimum Gasteiger partial charge on any atom is -0.455 e. The number of ether oxygens (including phenoxy) is 1. The van der Waals surface area contributed by atoms with Gasteiger partial charge in [-0.25, -0.2) is 0 Å². The largest absolute Gasteiger partial charge is 0.455 e. The van der Waals surface area contributed by atoms with E-state index in [-0.39, 0.29) is 13.0 Å². The molecule has 1 N–H and O–H groups in total. The van der Waals surface area contributed by atoms with Crippen LogP contribution >= 0.6 is 11.6 Å². The number of nitrogens with one attached hydrogen (secondary N) is 1. The molecular weight excluding hydrogens is 316 g/mol. The first-order chi connectivity index (χ1) is 11.1. The number of amides is 1. The lowest BCUT2D eigenvalue weighted by atomic mass is 10.1. The number of carbonyl (C=O) groups is 2. The van der Waals surface area contributed by atoms with E-state index in [9.17, 15) is 9.59 Å². The normalized spacial score (nSPS) is 9.74. The number of benzene rings is 2. The van der Waals surface area contributed by atoms with Crippen molar-refractivity contribution < 1.29 is 14.3 Å². The second kappa shape index (κ2) is 7.97. The Morgan fingerprint density at radius 3 is 2.35 bits per heavy atom. The van der Waals surface area contributed by atoms with E-state index in [1.165, 1.54) is 0 Å². The number of anilines is 1. The van der Waals surface area contributed by atoms with Gasteiger partial charge in [-0.15, -0.1) is 0 Å². The van der Waals surface area contributed by atoms with Crippen molar-refractivity contribution in [2.75, 3.05) is 11.9 Å². The molecule has 2 aromatic carbocycles. The maximum absolute atomic E-state index is 11.7. The summed E-state index contributed by atoms with van der Waals surface area (Å²) in [6.45, 7) is -0.369. The number of hydrogen-bond donors (Lipinski definition) is 1. The molecule has 0 bridgehead atoms. The van der Waals surface area contributed by atoms with Gasteiger partial charge in [0.15, 0.2) is 6.61 Å². The first kappa shape index (κ1) is 16.5. The Morgan fingerprint density at radius 2 is 1.74 bits per heavy atom. The maximum Gasteiger partial charge on any atom is 0.310 e. The molecule has 5 nitrogen and oxygen atoms in total. The fourth-order valence-corrected chi connectivity index (χ4v) is 1.92. The van der Waals surface area contributed by atoms with E-state index >= 15 is 0 Å². The number of esters is 1. The van der Waals surface area contributed by atoms with E-state index < -0.39 is 11.9 Å². The van der Waals surface area contributed by atoms with Crippen molar-refractivity contribution in [1.82, 2.24) is 0 Å². The highest BCUT2D eigenvalue weighted by Gasteiger charge is 2.09. The van der Waals surface area contributed by atoms with Crippen LogP contribution < -0.4 is 5.32 Å². The molecule has 23 heavy (non-hydrogen) atoms. The van der Waals surface area contributed by atoms with Crippen LogP contribution in [-0.4, -0.2) is 18.5 Å². The van der Waals surface area contributed by atoms with Crippen molar-refractivity contribution in [2.24, 2.45) is 0 Å². The van der Waals surface area contributed by atoms with Gasteiger partial charge in [-0.1, -0.05) is 23.7 Å². The molecular formula is C17H13ClN2O3. The summed E-state index contributed by atoms with van der Waals surface area (Å²) in [6.07, 6.45) is 0.0707. The number of halogens is 1. The predicted octanol–water partition coefficient (Wildman–Crippen LogP) is 2.94. The fourth-order valence-electron chi connectivity index (χ4n) is 1.79. The molecule has 0 saturated heterocycles. The Kier molecular flexibility index (Phi) is 5.73. The number of nitrogens with zero attached hydrogens (tertiary/aromatic N) is 1. The summed E-state index contributed by atoms with van der Waals surface area (Å²) in [7, 11) is 0. The zero-order valence-corrected chi connectivity index (χ0v) is 12.8. The Morgan fingerprint density at radius 1 is 1.09 bits per heavy atom. The van der Waals surface area contributed by atoms with Gasteiger partial charge < -0.3 is 10.1 Å². The number of rotatable bonds is 5. The molecule has 0 heterocycles. The predicted molar refractivity (Wildman–Crippen MR) is 85.9 cm³/mol. The molecule has 2 rings (SSSR count).